The van der Waals surface area contributed by atoms with Crippen LogP contribution in [0.1, 0.15) is 22.4 Å². The second-order valence-electron chi connectivity index (χ2n) is 3.87. The van der Waals surface area contributed by atoms with Gasteiger partial charge in [0.15, 0.2) is 0 Å². The normalized spacial score (nSPS) is 22.2. The lowest BCUT2D eigenvalue weighted by Crippen LogP contribution is -2.40. The summed E-state index contributed by atoms with van der Waals surface area (Å²) in [5, 5.41) is 10.7. The summed E-state index contributed by atoms with van der Waals surface area (Å²) in [5.74, 6) is -0.952. The Morgan fingerprint density at radius 3 is 3.25 bits per heavy atom. The molecule has 2 heterocycles. The zero-order valence-corrected chi connectivity index (χ0v) is 9.87. The Bertz CT molecular complexity index is 380. The molecular weight excluding hydrogens is 228 g/mol. The third-order valence-electron chi connectivity index (χ3n) is 2.45. The number of carboxylic acid groups (broad SMARTS) is 1. The number of thiazole rings is 1. The van der Waals surface area contributed by atoms with Crippen molar-refractivity contribution in [1.82, 2.24) is 9.88 Å². The second-order valence-corrected chi connectivity index (χ2v) is 4.72. The average Bonchev–Trinajstić information content (AvgIpc) is 2.66. The highest BCUT2D eigenvalue weighted by atomic mass is 32.1. The minimum atomic E-state index is -0.952. The molecule has 1 aromatic heterocycles. The molecule has 6 heteroatoms. The molecule has 1 atom stereocenters. The van der Waals surface area contributed by atoms with Crippen molar-refractivity contribution in [2.45, 2.75) is 19.6 Å². The van der Waals surface area contributed by atoms with Crippen LogP contribution in [-0.2, 0) is 11.3 Å². The van der Waals surface area contributed by atoms with Gasteiger partial charge in [-0.25, -0.2) is 9.78 Å². The molecule has 1 unspecified atom stereocenters. The molecule has 2 rings (SSSR count). The van der Waals surface area contributed by atoms with Crippen molar-refractivity contribution in [3.8, 4) is 0 Å². The molecule has 0 radical (unpaired) electrons. The highest BCUT2D eigenvalue weighted by Gasteiger charge is 2.18. The van der Waals surface area contributed by atoms with Gasteiger partial charge in [-0.2, -0.15) is 0 Å². The molecule has 0 aliphatic carbocycles. The molecule has 0 amide bonds. The predicted octanol–water partition coefficient (Wildman–Crippen LogP) is 1.06. The summed E-state index contributed by atoms with van der Waals surface area (Å²) in [6.45, 7) is 5.23. The van der Waals surface area contributed by atoms with Crippen molar-refractivity contribution < 1.29 is 14.6 Å². The van der Waals surface area contributed by atoms with Crippen LogP contribution in [0.4, 0.5) is 0 Å². The molecule has 0 aromatic carbocycles. The summed E-state index contributed by atoms with van der Waals surface area (Å²) in [6, 6.07) is 0. The number of nitrogens with zero attached hydrogens (tertiary/aromatic N) is 2. The van der Waals surface area contributed by atoms with Crippen molar-refractivity contribution in [2.75, 3.05) is 19.7 Å². The maximum atomic E-state index is 10.7. The lowest BCUT2D eigenvalue weighted by Gasteiger charge is -2.30. The number of carbonyl (C=O) groups is 1. The van der Waals surface area contributed by atoms with Crippen LogP contribution in [0.5, 0.6) is 0 Å². The summed E-state index contributed by atoms with van der Waals surface area (Å²) in [6.07, 6.45) is 0.242. The first-order chi connectivity index (χ1) is 7.65. The number of hydrogen-bond acceptors (Lipinski definition) is 5. The Labute approximate surface area is 97.7 Å². The molecule has 1 fully saturated rings. The highest BCUT2D eigenvalue weighted by Crippen LogP contribution is 2.13. The number of morpholine rings is 1. The summed E-state index contributed by atoms with van der Waals surface area (Å²) < 4.78 is 5.44. The van der Waals surface area contributed by atoms with E-state index in [1.807, 2.05) is 12.3 Å². The molecule has 5 nitrogen and oxygen atoms in total. The highest BCUT2D eigenvalue weighted by molar-refractivity contribution is 7.11. The summed E-state index contributed by atoms with van der Waals surface area (Å²) in [7, 11) is 0. The Morgan fingerprint density at radius 2 is 2.62 bits per heavy atom. The van der Waals surface area contributed by atoms with Crippen molar-refractivity contribution >= 4 is 17.3 Å². The van der Waals surface area contributed by atoms with E-state index in [2.05, 4.69) is 9.88 Å². The summed E-state index contributed by atoms with van der Waals surface area (Å²) in [5.41, 5.74) is 0.830. The van der Waals surface area contributed by atoms with Crippen LogP contribution in [0, 0.1) is 0 Å². The van der Waals surface area contributed by atoms with Crippen LogP contribution in [0.2, 0.25) is 0 Å². The van der Waals surface area contributed by atoms with Gasteiger partial charge in [0.1, 0.15) is 0 Å². The molecule has 0 saturated carbocycles. The quantitative estimate of drug-likeness (QED) is 0.858. The molecule has 1 aromatic rings. The van der Waals surface area contributed by atoms with Gasteiger partial charge in [0, 0.05) is 25.0 Å². The van der Waals surface area contributed by atoms with Crippen LogP contribution in [0.3, 0.4) is 0 Å². The first kappa shape index (κ1) is 11.5. The van der Waals surface area contributed by atoms with Crippen molar-refractivity contribution in [3.63, 3.8) is 0 Å². The number of carboxylic acids is 1. The minimum Gasteiger partial charge on any atom is -0.476 e. The third-order valence-corrected chi connectivity index (χ3v) is 3.32. The summed E-state index contributed by atoms with van der Waals surface area (Å²) in [4.78, 5) is 17.0. The fourth-order valence-electron chi connectivity index (χ4n) is 1.74. The fraction of sp³-hybridized carbons (Fsp3) is 0.600. The number of aromatic nitrogens is 1. The van der Waals surface area contributed by atoms with Gasteiger partial charge in [0.25, 0.3) is 0 Å². The van der Waals surface area contributed by atoms with E-state index in [9.17, 15) is 4.79 Å². The smallest absolute Gasteiger partial charge is 0.365 e. The Balaban J connectivity index is 1.95. The molecule has 1 N–H and O–H groups in total. The Morgan fingerprint density at radius 1 is 1.81 bits per heavy atom. The van der Waals surface area contributed by atoms with E-state index in [1.165, 1.54) is 11.3 Å². The van der Waals surface area contributed by atoms with Crippen molar-refractivity contribution in [1.29, 1.82) is 0 Å². The van der Waals surface area contributed by atoms with Gasteiger partial charge in [0.05, 0.1) is 18.4 Å². The Kier molecular flexibility index (Phi) is 3.52. The van der Waals surface area contributed by atoms with E-state index in [-0.39, 0.29) is 11.1 Å². The van der Waals surface area contributed by atoms with Crippen LogP contribution >= 0.6 is 11.3 Å². The molecule has 0 spiro atoms. The van der Waals surface area contributed by atoms with Gasteiger partial charge in [-0.05, 0) is 6.92 Å². The van der Waals surface area contributed by atoms with Gasteiger partial charge in [0.2, 0.25) is 5.01 Å². The van der Waals surface area contributed by atoms with Crippen LogP contribution in [0.25, 0.3) is 0 Å². The Hall–Kier alpha value is -0.980. The molecule has 88 valence electrons. The van der Waals surface area contributed by atoms with Crippen LogP contribution in [-0.4, -0.2) is 46.8 Å². The number of rotatable bonds is 3. The number of aromatic carboxylic acids is 1. The van der Waals surface area contributed by atoms with Crippen LogP contribution in [0.15, 0.2) is 5.38 Å². The van der Waals surface area contributed by atoms with Gasteiger partial charge in [-0.1, -0.05) is 0 Å². The molecule has 1 aliphatic rings. The molecular formula is C10H14N2O3S. The first-order valence-corrected chi connectivity index (χ1v) is 6.05. The van der Waals surface area contributed by atoms with E-state index >= 15 is 0 Å². The first-order valence-electron chi connectivity index (χ1n) is 5.17. The minimum absolute atomic E-state index is 0.163. The number of ether oxygens (including phenoxy) is 1. The topological polar surface area (TPSA) is 62.7 Å². The van der Waals surface area contributed by atoms with Crippen molar-refractivity contribution in [2.24, 2.45) is 0 Å². The average molecular weight is 242 g/mol. The largest absolute Gasteiger partial charge is 0.476 e. The lowest BCUT2D eigenvalue weighted by atomic mass is 10.3. The van der Waals surface area contributed by atoms with Gasteiger partial charge in [-0.15, -0.1) is 11.3 Å². The molecule has 1 saturated heterocycles. The van der Waals surface area contributed by atoms with E-state index in [1.54, 1.807) is 0 Å². The zero-order chi connectivity index (χ0) is 11.5. The van der Waals surface area contributed by atoms with E-state index in [4.69, 9.17) is 9.84 Å². The van der Waals surface area contributed by atoms with E-state index in [0.29, 0.717) is 6.54 Å². The van der Waals surface area contributed by atoms with Gasteiger partial charge < -0.3 is 9.84 Å². The number of hydrogen-bond donors (Lipinski definition) is 1. The second kappa shape index (κ2) is 4.90. The standard InChI is InChI=1S/C10H14N2O3S/c1-7-4-12(2-3-15-7)5-8-6-16-9(11-8)10(13)14/h6-7H,2-5H2,1H3,(H,13,14). The van der Waals surface area contributed by atoms with Crippen molar-refractivity contribution in [3.05, 3.63) is 16.1 Å². The van der Waals surface area contributed by atoms with E-state index < -0.39 is 5.97 Å². The molecule has 0 bridgehead atoms. The molecule has 16 heavy (non-hydrogen) atoms. The predicted molar refractivity (Wildman–Crippen MR) is 59.8 cm³/mol. The van der Waals surface area contributed by atoms with Gasteiger partial charge >= 0.3 is 5.97 Å². The fourth-order valence-corrected chi connectivity index (χ4v) is 2.39. The summed E-state index contributed by atoms with van der Waals surface area (Å²) >= 11 is 1.18. The molecule has 1 aliphatic heterocycles. The van der Waals surface area contributed by atoms with Crippen LogP contribution < -0.4 is 0 Å². The maximum Gasteiger partial charge on any atom is 0.365 e. The third kappa shape index (κ3) is 2.78. The monoisotopic (exact) mass is 242 g/mol. The SMILES string of the molecule is CC1CN(Cc2csc(C(=O)O)n2)CCO1. The maximum absolute atomic E-state index is 10.7. The zero-order valence-electron chi connectivity index (χ0n) is 9.05. The van der Waals surface area contributed by atoms with E-state index in [0.717, 1.165) is 25.4 Å². The lowest BCUT2D eigenvalue weighted by molar-refractivity contribution is -0.0215. The van der Waals surface area contributed by atoms with Gasteiger partial charge in [-0.3, -0.25) is 4.90 Å².